The van der Waals surface area contributed by atoms with Gasteiger partial charge < -0.3 is 15.3 Å². The molecular weight excluding hydrogens is 212 g/mol. The van der Waals surface area contributed by atoms with E-state index in [0.29, 0.717) is 0 Å². The Morgan fingerprint density at radius 1 is 1.35 bits per heavy atom. The van der Waals surface area contributed by atoms with E-state index >= 15 is 0 Å². The molecule has 1 aliphatic heterocycles. The first-order valence-electron chi connectivity index (χ1n) is 6.51. The van der Waals surface area contributed by atoms with Crippen LogP contribution in [0.4, 0.5) is 5.69 Å². The average molecular weight is 234 g/mol. The minimum absolute atomic E-state index is 0.198. The normalized spacial score (nSPS) is 21.3. The Hall–Kier alpha value is -1.06. The van der Waals surface area contributed by atoms with Crippen LogP contribution in [0.1, 0.15) is 18.9 Å². The van der Waals surface area contributed by atoms with Crippen LogP contribution < -0.4 is 10.2 Å². The van der Waals surface area contributed by atoms with Gasteiger partial charge in [0.05, 0.1) is 6.61 Å². The van der Waals surface area contributed by atoms with Crippen molar-refractivity contribution in [1.82, 2.24) is 5.32 Å². The van der Waals surface area contributed by atoms with Crippen molar-refractivity contribution in [2.45, 2.75) is 25.8 Å². The highest BCUT2D eigenvalue weighted by atomic mass is 16.3. The number of anilines is 1. The lowest BCUT2D eigenvalue weighted by molar-refractivity contribution is 0.248. The summed E-state index contributed by atoms with van der Waals surface area (Å²) >= 11 is 0. The Labute approximate surface area is 103 Å². The predicted octanol–water partition coefficient (Wildman–Crippen LogP) is 1.41. The molecule has 0 radical (unpaired) electrons. The second-order valence-corrected chi connectivity index (χ2v) is 4.65. The topological polar surface area (TPSA) is 35.5 Å². The number of benzene rings is 1. The second kappa shape index (κ2) is 6.03. The predicted molar refractivity (Wildman–Crippen MR) is 71.5 cm³/mol. The summed E-state index contributed by atoms with van der Waals surface area (Å²) in [6, 6.07) is 8.98. The first kappa shape index (κ1) is 12.4. The smallest absolute Gasteiger partial charge is 0.0601 e. The highest BCUT2D eigenvalue weighted by molar-refractivity contribution is 5.48. The zero-order valence-corrected chi connectivity index (χ0v) is 10.5. The van der Waals surface area contributed by atoms with Crippen molar-refractivity contribution in [2.24, 2.45) is 0 Å². The molecule has 94 valence electrons. The third-order valence-electron chi connectivity index (χ3n) is 3.41. The van der Waals surface area contributed by atoms with E-state index in [1.165, 1.54) is 11.3 Å². The van der Waals surface area contributed by atoms with E-state index in [-0.39, 0.29) is 12.6 Å². The van der Waals surface area contributed by atoms with Crippen LogP contribution in [0.25, 0.3) is 0 Å². The molecule has 3 heteroatoms. The Balaban J connectivity index is 2.08. The lowest BCUT2D eigenvalue weighted by Crippen LogP contribution is -2.40. The molecule has 1 aromatic carbocycles. The van der Waals surface area contributed by atoms with Crippen molar-refractivity contribution in [3.05, 3.63) is 29.8 Å². The van der Waals surface area contributed by atoms with Crippen molar-refractivity contribution in [1.29, 1.82) is 0 Å². The Morgan fingerprint density at radius 3 is 2.76 bits per heavy atom. The molecule has 1 aromatic rings. The lowest BCUT2D eigenvalue weighted by atomic mass is 10.1. The highest BCUT2D eigenvalue weighted by Crippen LogP contribution is 2.17. The minimum atomic E-state index is 0.198. The molecule has 2 rings (SSSR count). The van der Waals surface area contributed by atoms with E-state index in [1.54, 1.807) is 0 Å². The molecule has 1 saturated heterocycles. The maximum absolute atomic E-state index is 9.27. The van der Waals surface area contributed by atoms with Crippen LogP contribution in [0.2, 0.25) is 0 Å². The van der Waals surface area contributed by atoms with Crippen LogP contribution in [-0.4, -0.2) is 37.4 Å². The van der Waals surface area contributed by atoms with E-state index in [2.05, 4.69) is 41.4 Å². The molecule has 1 heterocycles. The summed E-state index contributed by atoms with van der Waals surface area (Å²) in [6.07, 6.45) is 2.22. The van der Waals surface area contributed by atoms with Crippen LogP contribution in [0, 0.1) is 0 Å². The molecule has 0 aromatic heterocycles. The molecule has 1 aliphatic rings. The summed E-state index contributed by atoms with van der Waals surface area (Å²) < 4.78 is 0. The molecule has 0 aliphatic carbocycles. The molecule has 1 fully saturated rings. The van der Waals surface area contributed by atoms with Crippen LogP contribution in [0.3, 0.4) is 0 Å². The zero-order chi connectivity index (χ0) is 12.1. The van der Waals surface area contributed by atoms with Gasteiger partial charge in [-0.1, -0.05) is 19.1 Å². The third-order valence-corrected chi connectivity index (χ3v) is 3.41. The number of aliphatic hydroxyl groups is 1. The molecule has 0 amide bonds. The fourth-order valence-corrected chi connectivity index (χ4v) is 2.30. The summed E-state index contributed by atoms with van der Waals surface area (Å²) in [5, 5.41) is 12.6. The number of rotatable bonds is 3. The van der Waals surface area contributed by atoms with Gasteiger partial charge in [-0.15, -0.1) is 0 Å². The van der Waals surface area contributed by atoms with Gasteiger partial charge in [-0.2, -0.15) is 0 Å². The maximum atomic E-state index is 9.27. The van der Waals surface area contributed by atoms with Crippen LogP contribution >= 0.6 is 0 Å². The number of aliphatic hydroxyl groups excluding tert-OH is 1. The lowest BCUT2D eigenvalue weighted by Gasteiger charge is -2.25. The van der Waals surface area contributed by atoms with Crippen molar-refractivity contribution in [2.75, 3.05) is 31.1 Å². The van der Waals surface area contributed by atoms with Gasteiger partial charge in [0.25, 0.3) is 0 Å². The van der Waals surface area contributed by atoms with E-state index < -0.39 is 0 Å². The first-order chi connectivity index (χ1) is 8.33. The van der Waals surface area contributed by atoms with Crippen molar-refractivity contribution in [3.63, 3.8) is 0 Å². The van der Waals surface area contributed by atoms with E-state index in [9.17, 15) is 5.11 Å². The summed E-state index contributed by atoms with van der Waals surface area (Å²) in [5.41, 5.74) is 2.64. The minimum Gasteiger partial charge on any atom is -0.395 e. The number of hydrogen-bond acceptors (Lipinski definition) is 3. The van der Waals surface area contributed by atoms with Gasteiger partial charge in [0.15, 0.2) is 0 Å². The van der Waals surface area contributed by atoms with Gasteiger partial charge in [-0.05, 0) is 37.1 Å². The Bertz CT molecular complexity index is 337. The number of aryl methyl sites for hydroxylation is 1. The number of nitrogens with zero attached hydrogens (tertiary/aromatic N) is 1. The number of hydrogen-bond donors (Lipinski definition) is 2. The summed E-state index contributed by atoms with van der Waals surface area (Å²) in [5.74, 6) is 0. The Morgan fingerprint density at radius 2 is 2.12 bits per heavy atom. The van der Waals surface area contributed by atoms with E-state index in [4.69, 9.17) is 0 Å². The largest absolute Gasteiger partial charge is 0.395 e. The molecule has 1 atom stereocenters. The molecule has 2 N–H and O–H groups in total. The summed E-state index contributed by atoms with van der Waals surface area (Å²) in [6.45, 7) is 5.34. The molecule has 0 bridgehead atoms. The monoisotopic (exact) mass is 234 g/mol. The number of nitrogens with one attached hydrogen (secondary N) is 1. The first-order valence-corrected chi connectivity index (χ1v) is 6.51. The van der Waals surface area contributed by atoms with Crippen LogP contribution in [-0.2, 0) is 6.42 Å². The highest BCUT2D eigenvalue weighted by Gasteiger charge is 2.16. The van der Waals surface area contributed by atoms with Gasteiger partial charge in [-0.25, -0.2) is 0 Å². The average Bonchev–Trinajstić information content (AvgIpc) is 2.64. The van der Waals surface area contributed by atoms with Crippen LogP contribution in [0.15, 0.2) is 24.3 Å². The fourth-order valence-electron chi connectivity index (χ4n) is 2.30. The van der Waals surface area contributed by atoms with Gasteiger partial charge in [-0.3, -0.25) is 0 Å². The van der Waals surface area contributed by atoms with Crippen molar-refractivity contribution in [3.8, 4) is 0 Å². The third kappa shape index (κ3) is 3.20. The summed E-state index contributed by atoms with van der Waals surface area (Å²) in [7, 11) is 0. The molecule has 17 heavy (non-hydrogen) atoms. The van der Waals surface area contributed by atoms with Crippen molar-refractivity contribution >= 4 is 5.69 Å². The molecule has 0 saturated carbocycles. The molecular formula is C14H22N2O. The molecule has 3 nitrogen and oxygen atoms in total. The quantitative estimate of drug-likeness (QED) is 0.830. The standard InChI is InChI=1S/C14H22N2O/c1-2-12-4-6-14(7-5-12)16-9-3-8-15-13(10-16)11-17/h4-7,13,15,17H,2-3,8-11H2,1H3. The van der Waals surface area contributed by atoms with Gasteiger partial charge >= 0.3 is 0 Å². The second-order valence-electron chi connectivity index (χ2n) is 4.65. The van der Waals surface area contributed by atoms with Gasteiger partial charge in [0, 0.05) is 24.8 Å². The fraction of sp³-hybridized carbons (Fsp3) is 0.571. The van der Waals surface area contributed by atoms with Gasteiger partial charge in [0.1, 0.15) is 0 Å². The van der Waals surface area contributed by atoms with Crippen LogP contribution in [0.5, 0.6) is 0 Å². The SMILES string of the molecule is CCc1ccc(N2CCCNC(CO)C2)cc1. The molecule has 1 unspecified atom stereocenters. The van der Waals surface area contributed by atoms with Gasteiger partial charge in [0.2, 0.25) is 0 Å². The van der Waals surface area contributed by atoms with Crippen molar-refractivity contribution < 1.29 is 5.11 Å². The Kier molecular flexibility index (Phi) is 4.40. The van der Waals surface area contributed by atoms with E-state index in [1.807, 2.05) is 0 Å². The maximum Gasteiger partial charge on any atom is 0.0601 e. The van der Waals surface area contributed by atoms with E-state index in [0.717, 1.165) is 32.5 Å². The summed E-state index contributed by atoms with van der Waals surface area (Å²) in [4.78, 5) is 2.36. The zero-order valence-electron chi connectivity index (χ0n) is 10.5. The molecule has 0 spiro atoms.